The van der Waals surface area contributed by atoms with Gasteiger partial charge in [-0.3, -0.25) is 29.1 Å². The minimum Gasteiger partial charge on any atom is -0.479 e. The summed E-state index contributed by atoms with van der Waals surface area (Å²) in [6.45, 7) is 19.7. The van der Waals surface area contributed by atoms with Crippen LogP contribution in [0.4, 0.5) is 52.7 Å². The van der Waals surface area contributed by atoms with E-state index in [4.69, 9.17) is 72.9 Å². The summed E-state index contributed by atoms with van der Waals surface area (Å²) in [4.78, 5) is 93.8. The number of likely N-dealkylation sites (tertiary alicyclic amines) is 3. The molecule has 0 bridgehead atoms. The maximum Gasteiger partial charge on any atom is 0.416 e. The molecule has 132 heavy (non-hydrogen) atoms. The predicted octanol–water partition coefficient (Wildman–Crippen LogP) is 19.3. The Bertz CT molecular complexity index is 5180. The molecule has 18 rings (SSSR count). The number of carbonyl (C=O) groups excluding carboxylic acids is 7. The van der Waals surface area contributed by atoms with E-state index in [0.717, 1.165) is 164 Å². The van der Waals surface area contributed by atoms with Gasteiger partial charge in [0, 0.05) is 85.6 Å². The van der Waals surface area contributed by atoms with Crippen LogP contribution in [0, 0.1) is 66.8 Å². The van der Waals surface area contributed by atoms with Crippen molar-refractivity contribution in [3.63, 3.8) is 0 Å². The number of carboxylic acid groups (broad SMARTS) is 1. The van der Waals surface area contributed by atoms with Crippen LogP contribution < -0.4 is 10.1 Å². The van der Waals surface area contributed by atoms with Gasteiger partial charge in [-0.2, -0.15) is 58.7 Å². The highest BCUT2D eigenvalue weighted by Gasteiger charge is 2.59. The van der Waals surface area contributed by atoms with E-state index in [2.05, 4.69) is 40.8 Å². The molecule has 0 unspecified atom stereocenters. The van der Waals surface area contributed by atoms with Crippen LogP contribution in [0.3, 0.4) is 0 Å². The van der Waals surface area contributed by atoms with E-state index in [-0.39, 0.29) is 118 Å². The van der Waals surface area contributed by atoms with E-state index in [1.54, 1.807) is 34.1 Å². The second-order valence-electron chi connectivity index (χ2n) is 37.7. The molecule has 9 aliphatic heterocycles. The molecule has 2 N–H and O–H groups in total. The molecular weight excluding hydrogens is 1800 g/mol. The van der Waals surface area contributed by atoms with Crippen LogP contribution in [0.2, 0.25) is 15.1 Å². The molecule has 0 spiro atoms. The fourth-order valence-electron chi connectivity index (χ4n) is 21.8. The van der Waals surface area contributed by atoms with Gasteiger partial charge >= 0.3 is 36.8 Å². The van der Waals surface area contributed by atoms with Crippen molar-refractivity contribution in [3.05, 3.63) is 201 Å². The number of rotatable bonds is 14. The smallest absolute Gasteiger partial charge is 0.416 e. The third-order valence-electron chi connectivity index (χ3n) is 29.4. The Hall–Kier alpha value is -8.29. The van der Waals surface area contributed by atoms with Gasteiger partial charge in [-0.1, -0.05) is 85.9 Å². The number of carboxylic acids is 1. The minimum atomic E-state index is -4.51. The van der Waals surface area contributed by atoms with E-state index < -0.39 is 63.8 Å². The highest BCUT2D eigenvalue weighted by molar-refractivity contribution is 6.32. The van der Waals surface area contributed by atoms with Crippen molar-refractivity contribution in [2.24, 2.45) is 35.5 Å². The molecule has 19 nitrogen and oxygen atoms in total. The SMILES string of the molecule is C[C@H]1CN([C@@H]2CC[C@@](C(=O)N3CCc4c(Cl)cc(C(F)(F)F)cc4C3)(C3CC3)OC2)CC[C@@H]1c1ccc(F)c(OC=O)c1.Cc1cc([C@H]2CCN([C@@H]3CC[C@@](C(=O)N4CCc5c(Cl)cc(C(F)(F)F)cc5C4)(C4CC4)OC3)C[C@@H]2C)ccc1F.Cc1cc([C@H]2CCN([C@@H]3CC[C@@](C(=O)O)(C4CC4)OC3)C[C@@H]2C)ccc1F.FC(F)(F)c1cc(Cl)c2c(c1)CNCC2.O=C=O.O=C=O. The fourth-order valence-corrected chi connectivity index (χ4v) is 22.8. The number of hydrogen-bond donors (Lipinski definition) is 2. The Balaban J connectivity index is 0.000000154. The number of piperidine rings is 3. The average molecular weight is 1920 g/mol. The average Bonchev–Trinajstić information content (AvgIpc) is 1.54. The first-order valence-electron chi connectivity index (χ1n) is 45.4. The number of benzene rings is 6. The van der Waals surface area contributed by atoms with Crippen LogP contribution in [-0.4, -0.2) is 180 Å². The van der Waals surface area contributed by atoms with E-state index in [1.165, 1.54) is 23.3 Å². The molecular formula is C98H111Cl3F12N6O13. The number of carbonyl (C=O) groups is 4. The first-order chi connectivity index (χ1) is 62.7. The zero-order valence-electron chi connectivity index (χ0n) is 74.3. The topological polar surface area (TPSA) is 222 Å². The summed E-state index contributed by atoms with van der Waals surface area (Å²) < 4.78 is 183. The maximum atomic E-state index is 14.0. The Kier molecular flexibility index (Phi) is 32.6. The van der Waals surface area contributed by atoms with Crippen LogP contribution in [0.1, 0.15) is 213 Å². The van der Waals surface area contributed by atoms with Crippen molar-refractivity contribution in [2.45, 2.75) is 241 Å². The maximum absolute atomic E-state index is 14.0. The van der Waals surface area contributed by atoms with Gasteiger partial charge in [-0.15, -0.1) is 0 Å². The van der Waals surface area contributed by atoms with Crippen LogP contribution >= 0.6 is 34.8 Å². The summed E-state index contributed by atoms with van der Waals surface area (Å²) in [6, 6.07) is 22.7. The summed E-state index contributed by atoms with van der Waals surface area (Å²) in [5, 5.41) is 13.1. The molecule has 12 aliphatic rings. The number of nitrogens with one attached hydrogen (secondary N) is 1. The van der Waals surface area contributed by atoms with Crippen LogP contribution in [0.25, 0.3) is 0 Å². The zero-order valence-corrected chi connectivity index (χ0v) is 76.5. The Morgan fingerprint density at radius 3 is 1.11 bits per heavy atom. The number of amides is 2. The molecule has 9 heterocycles. The Morgan fingerprint density at radius 1 is 0.462 bits per heavy atom. The van der Waals surface area contributed by atoms with E-state index in [9.17, 15) is 77.0 Å². The number of nitrogens with zero attached hydrogens (tertiary/aromatic N) is 5. The first kappa shape index (κ1) is 101. The summed E-state index contributed by atoms with van der Waals surface area (Å²) in [6.07, 6.45) is 1.61. The molecule has 3 aliphatic carbocycles. The molecule has 9 fully saturated rings. The second kappa shape index (κ2) is 42.5. The number of aryl methyl sites for hydroxylation is 2. The number of hydrogen-bond acceptors (Lipinski definition) is 16. The molecule has 3 saturated carbocycles. The second-order valence-corrected chi connectivity index (χ2v) is 38.9. The molecule has 6 aromatic rings. The van der Waals surface area contributed by atoms with E-state index >= 15 is 0 Å². The fraction of sp³-hybridized carbons (Fsp3) is 0.571. The predicted molar refractivity (Wildman–Crippen MR) is 464 cm³/mol. The summed E-state index contributed by atoms with van der Waals surface area (Å²) in [5.41, 5.74) is 3.54. The summed E-state index contributed by atoms with van der Waals surface area (Å²) in [5.74, 6) is 0.754. The first-order valence-corrected chi connectivity index (χ1v) is 46.5. The monoisotopic (exact) mass is 1910 g/mol. The van der Waals surface area contributed by atoms with Gasteiger partial charge in [-0.25, -0.2) is 18.0 Å². The minimum absolute atomic E-state index is 0.0648. The van der Waals surface area contributed by atoms with Gasteiger partial charge in [0.15, 0.2) is 17.2 Å². The molecule has 12 atom stereocenters. The Labute approximate surface area is 774 Å². The number of aliphatic carboxylic acids is 1. The largest absolute Gasteiger partial charge is 0.479 e. The summed E-state index contributed by atoms with van der Waals surface area (Å²) >= 11 is 18.3. The molecule has 34 heteroatoms. The quantitative estimate of drug-likeness (QED) is 0.0764. The van der Waals surface area contributed by atoms with E-state index in [0.29, 0.717) is 147 Å². The molecule has 6 aromatic carbocycles. The van der Waals surface area contributed by atoms with Crippen LogP contribution in [0.15, 0.2) is 91.0 Å². The molecule has 716 valence electrons. The highest BCUT2D eigenvalue weighted by Crippen LogP contribution is 2.54. The normalized spacial score (nSPS) is 27.5. The van der Waals surface area contributed by atoms with Crippen molar-refractivity contribution >= 4 is 71.4 Å². The molecule has 6 saturated heterocycles. The van der Waals surface area contributed by atoms with Gasteiger partial charge in [0.2, 0.25) is 0 Å². The van der Waals surface area contributed by atoms with Crippen LogP contribution in [-0.2, 0) is 110 Å². The van der Waals surface area contributed by atoms with Gasteiger partial charge in [0.25, 0.3) is 18.3 Å². The van der Waals surface area contributed by atoms with Crippen molar-refractivity contribution in [1.29, 1.82) is 0 Å². The van der Waals surface area contributed by atoms with Crippen LogP contribution in [0.5, 0.6) is 5.75 Å². The third kappa shape index (κ3) is 23.2. The molecule has 0 radical (unpaired) electrons. The molecule has 2 amide bonds. The van der Waals surface area contributed by atoms with Crippen molar-refractivity contribution in [1.82, 2.24) is 29.8 Å². The zero-order chi connectivity index (χ0) is 95.3. The van der Waals surface area contributed by atoms with Gasteiger partial charge < -0.3 is 39.2 Å². The number of fused-ring (bicyclic) bond motifs is 3. The number of alkyl halides is 9. The number of ether oxygens (including phenoxy) is 4. The van der Waals surface area contributed by atoms with Crippen molar-refractivity contribution in [2.75, 3.05) is 78.7 Å². The lowest BCUT2D eigenvalue weighted by atomic mass is 9.79. The van der Waals surface area contributed by atoms with Crippen molar-refractivity contribution < 1.29 is 115 Å². The number of halogens is 15. The van der Waals surface area contributed by atoms with Gasteiger partial charge in [0.05, 0.1) is 36.5 Å². The molecule has 0 aromatic heterocycles. The third-order valence-corrected chi connectivity index (χ3v) is 30.4. The van der Waals surface area contributed by atoms with Crippen molar-refractivity contribution in [3.8, 4) is 5.75 Å². The lowest BCUT2D eigenvalue weighted by Gasteiger charge is -2.48. The van der Waals surface area contributed by atoms with Gasteiger partial charge in [-0.05, 0) is 331 Å². The summed E-state index contributed by atoms with van der Waals surface area (Å²) in [7, 11) is 0. The lowest BCUT2D eigenvalue weighted by Crippen LogP contribution is -2.59. The standard InChI is InChI=1S/C32H35ClF4N2O4.C32H37ClF4N2O2.C22H30FNO3.C10H9ClF3N.2CO2/c1-19-15-38(10-7-25(19)20-2-5-28(34)29(13-20)42-18-40)24-6-9-31(43-17-24,22-3-4-22)30(41)39-11-8-26-21(16-39)12-23(14-27(26)33)32(35,36)37;1-19-13-21(3-6-29(19)34)26-8-11-38(16-20(26)2)25-7-10-31(41-18-25,23-4-5-23)30(40)39-12-9-27-22(17-39)14-24(15-28(27)33)32(35,36)37;1-14-11-16(3-6-20(14)23)19-8-10-24(12-15(19)2)18-7-9-22(21(25)26,27-13-18)17-4-5-17;11-9-4-7(10(12,13)14)3-6-5-15-2-1-8(6)9;2*2-1-3/h2,5,12-14,18-19,22,24-25H,3-4,6-11,15-17H2,1H3;3,6,13-15,20,23,25-26H,4-5,7-12,16-18H2,1-2H3;3,6,11,15,17-19H,4-5,7-10,12-13H2,1-2H3,(H,25,26);3-4,15H,1-2,5H2;;/t19-,24+,25-,31-;20-,25+,26-,31-;15-,18+,19-,22-;;;/m000.../s1. The lowest BCUT2D eigenvalue weighted by molar-refractivity contribution is -0.193. The highest BCUT2D eigenvalue weighted by atomic mass is 35.5. The Morgan fingerprint density at radius 2 is 0.795 bits per heavy atom. The van der Waals surface area contributed by atoms with E-state index in [1.807, 2.05) is 38.1 Å². The van der Waals surface area contributed by atoms with Gasteiger partial charge in [0.1, 0.15) is 22.8 Å².